The molecule has 1 fully saturated rings. The van der Waals surface area contributed by atoms with Crippen LogP contribution in [0.15, 0.2) is 18.2 Å². The van der Waals surface area contributed by atoms with E-state index in [1.54, 1.807) is 0 Å². The third-order valence-corrected chi connectivity index (χ3v) is 4.03. The van der Waals surface area contributed by atoms with Crippen molar-refractivity contribution < 1.29 is 9.31 Å². The fourth-order valence-electron chi connectivity index (χ4n) is 2.08. The summed E-state index contributed by atoms with van der Waals surface area (Å²) in [6.07, 6.45) is 4.11. The van der Waals surface area contributed by atoms with Gasteiger partial charge in [0.15, 0.2) is 0 Å². The van der Waals surface area contributed by atoms with Gasteiger partial charge in [-0.25, -0.2) is 0 Å². The van der Waals surface area contributed by atoms with Gasteiger partial charge in [0.05, 0.1) is 11.2 Å². The Morgan fingerprint density at radius 2 is 1.67 bits per heavy atom. The van der Waals surface area contributed by atoms with Crippen LogP contribution in [0.1, 0.15) is 40.3 Å². The summed E-state index contributed by atoms with van der Waals surface area (Å²) in [5.74, 6) is 0. The summed E-state index contributed by atoms with van der Waals surface area (Å²) in [5.41, 5.74) is 1.63. The van der Waals surface area contributed by atoms with Crippen LogP contribution < -0.4 is 5.59 Å². The molecule has 0 unspecified atom stereocenters. The van der Waals surface area contributed by atoms with Crippen LogP contribution in [0.4, 0.5) is 0 Å². The molecule has 0 saturated carbocycles. The molecule has 0 amide bonds. The Morgan fingerprint density at radius 1 is 1.11 bits per heavy atom. The van der Waals surface area contributed by atoms with E-state index < -0.39 is 0 Å². The Bertz CT molecular complexity index is 458. The van der Waals surface area contributed by atoms with Crippen LogP contribution in [0.2, 0.25) is 0 Å². The Morgan fingerprint density at radius 3 is 2.17 bits per heavy atom. The molecule has 0 spiro atoms. The molecule has 0 aliphatic carbocycles. The molecule has 0 atom stereocenters. The van der Waals surface area contributed by atoms with Gasteiger partial charge in [-0.1, -0.05) is 6.08 Å². The fraction of sp³-hybridized carbons (Fsp3) is 0.571. The molecule has 0 bridgehead atoms. The first-order chi connectivity index (χ1) is 8.28. The van der Waals surface area contributed by atoms with E-state index in [0.29, 0.717) is 0 Å². The second-order valence-electron chi connectivity index (χ2n) is 5.83. The molecule has 0 radical (unpaired) electrons. The normalized spacial score (nSPS) is 22.0. The SMILES string of the molecule is C/C=C\c1ccc(B2OC(C)(C)C(C)(C)O2)n1C. The fourth-order valence-corrected chi connectivity index (χ4v) is 2.08. The number of rotatable bonds is 2. The average molecular weight is 247 g/mol. The summed E-state index contributed by atoms with van der Waals surface area (Å²) in [7, 11) is 1.74. The molecule has 2 rings (SSSR count). The van der Waals surface area contributed by atoms with E-state index in [2.05, 4.69) is 50.5 Å². The highest BCUT2D eigenvalue weighted by Gasteiger charge is 2.52. The maximum Gasteiger partial charge on any atom is 0.512 e. The highest BCUT2D eigenvalue weighted by Crippen LogP contribution is 2.36. The molecule has 1 aromatic rings. The first kappa shape index (κ1) is 13.4. The van der Waals surface area contributed by atoms with Gasteiger partial charge in [-0.2, -0.15) is 0 Å². The molecule has 0 N–H and O–H groups in total. The van der Waals surface area contributed by atoms with Crippen LogP contribution in [0.5, 0.6) is 0 Å². The molecule has 1 aliphatic heterocycles. The molecule has 2 heterocycles. The topological polar surface area (TPSA) is 23.4 Å². The Balaban J connectivity index is 2.30. The summed E-state index contributed by atoms with van der Waals surface area (Å²) in [6, 6.07) is 4.15. The van der Waals surface area contributed by atoms with Crippen molar-refractivity contribution >= 4 is 18.8 Å². The van der Waals surface area contributed by atoms with Crippen molar-refractivity contribution in [2.45, 2.75) is 45.8 Å². The van der Waals surface area contributed by atoms with Gasteiger partial charge in [0, 0.05) is 18.3 Å². The number of aromatic nitrogens is 1. The van der Waals surface area contributed by atoms with Crippen molar-refractivity contribution in [1.82, 2.24) is 4.57 Å². The van der Waals surface area contributed by atoms with Crippen LogP contribution in [0.25, 0.3) is 6.08 Å². The van der Waals surface area contributed by atoms with Crippen molar-refractivity contribution in [3.8, 4) is 0 Å². The predicted octanol–water partition coefficient (Wildman–Crippen LogP) is 2.36. The lowest BCUT2D eigenvalue weighted by atomic mass is 9.85. The van der Waals surface area contributed by atoms with Crippen molar-refractivity contribution in [1.29, 1.82) is 0 Å². The molecule has 1 aliphatic rings. The van der Waals surface area contributed by atoms with Gasteiger partial charge in [0.25, 0.3) is 0 Å². The predicted molar refractivity (Wildman–Crippen MR) is 75.8 cm³/mol. The molecular weight excluding hydrogens is 225 g/mol. The van der Waals surface area contributed by atoms with Crippen molar-refractivity contribution in [2.75, 3.05) is 0 Å². The minimum absolute atomic E-state index is 0.289. The van der Waals surface area contributed by atoms with Gasteiger partial charge < -0.3 is 13.9 Å². The van der Waals surface area contributed by atoms with Crippen LogP contribution in [0, 0.1) is 0 Å². The summed E-state index contributed by atoms with van der Waals surface area (Å²) < 4.78 is 14.2. The van der Waals surface area contributed by atoms with E-state index >= 15 is 0 Å². The Labute approximate surface area is 110 Å². The van der Waals surface area contributed by atoms with Gasteiger partial charge >= 0.3 is 7.12 Å². The molecule has 3 nitrogen and oxygen atoms in total. The molecular formula is C14H22BNO2. The summed E-state index contributed by atoms with van der Waals surface area (Å²) in [4.78, 5) is 0. The highest BCUT2D eigenvalue weighted by molar-refractivity contribution is 6.61. The maximum atomic E-state index is 6.06. The Hall–Kier alpha value is -0.995. The van der Waals surface area contributed by atoms with E-state index in [4.69, 9.17) is 9.31 Å². The van der Waals surface area contributed by atoms with Crippen LogP contribution >= 0.6 is 0 Å². The summed E-state index contributed by atoms with van der Waals surface area (Å²) in [5, 5.41) is 0. The molecule has 98 valence electrons. The van der Waals surface area contributed by atoms with E-state index in [9.17, 15) is 0 Å². The third kappa shape index (κ3) is 2.04. The molecule has 1 aromatic heterocycles. The maximum absolute atomic E-state index is 6.06. The highest BCUT2D eigenvalue weighted by atomic mass is 16.7. The van der Waals surface area contributed by atoms with Crippen molar-refractivity contribution in [3.63, 3.8) is 0 Å². The first-order valence-corrected chi connectivity index (χ1v) is 6.42. The zero-order chi connectivity index (χ0) is 13.6. The number of hydrogen-bond acceptors (Lipinski definition) is 2. The monoisotopic (exact) mass is 247 g/mol. The summed E-state index contributed by atoms with van der Waals surface area (Å²) in [6.45, 7) is 10.3. The van der Waals surface area contributed by atoms with E-state index in [-0.39, 0.29) is 18.3 Å². The smallest absolute Gasteiger partial charge is 0.398 e. The molecule has 1 saturated heterocycles. The van der Waals surface area contributed by atoms with Crippen molar-refractivity contribution in [3.05, 3.63) is 23.9 Å². The minimum Gasteiger partial charge on any atom is -0.398 e. The number of allylic oxidation sites excluding steroid dienone is 1. The Kier molecular flexibility index (Phi) is 3.20. The lowest BCUT2D eigenvalue weighted by molar-refractivity contribution is 0.00578. The third-order valence-electron chi connectivity index (χ3n) is 4.03. The van der Waals surface area contributed by atoms with E-state index in [1.165, 1.54) is 0 Å². The van der Waals surface area contributed by atoms with Gasteiger partial charge in [-0.3, -0.25) is 0 Å². The van der Waals surface area contributed by atoms with Gasteiger partial charge in [-0.05, 0) is 52.8 Å². The lowest BCUT2D eigenvalue weighted by Crippen LogP contribution is -2.41. The first-order valence-electron chi connectivity index (χ1n) is 6.42. The van der Waals surface area contributed by atoms with Crippen LogP contribution in [0.3, 0.4) is 0 Å². The van der Waals surface area contributed by atoms with E-state index in [1.807, 2.05) is 20.0 Å². The number of hydrogen-bond donors (Lipinski definition) is 0. The minimum atomic E-state index is -0.293. The zero-order valence-corrected chi connectivity index (χ0v) is 12.2. The van der Waals surface area contributed by atoms with Gasteiger partial charge in [0.2, 0.25) is 0 Å². The van der Waals surface area contributed by atoms with E-state index in [0.717, 1.165) is 11.3 Å². The summed E-state index contributed by atoms with van der Waals surface area (Å²) >= 11 is 0. The number of nitrogens with zero attached hydrogens (tertiary/aromatic N) is 1. The van der Waals surface area contributed by atoms with Gasteiger partial charge in [0.1, 0.15) is 0 Å². The second-order valence-corrected chi connectivity index (χ2v) is 5.83. The second kappa shape index (κ2) is 4.28. The van der Waals surface area contributed by atoms with Gasteiger partial charge in [-0.15, -0.1) is 0 Å². The van der Waals surface area contributed by atoms with Crippen molar-refractivity contribution in [2.24, 2.45) is 7.05 Å². The quantitative estimate of drug-likeness (QED) is 0.749. The molecule has 0 aromatic carbocycles. The lowest BCUT2D eigenvalue weighted by Gasteiger charge is -2.32. The average Bonchev–Trinajstić information content (AvgIpc) is 2.68. The van der Waals surface area contributed by atoms with Crippen LogP contribution in [-0.2, 0) is 16.4 Å². The molecule has 4 heteroatoms. The largest absolute Gasteiger partial charge is 0.512 e. The standard InChI is InChI=1S/C14H22BNO2/c1-7-8-11-9-10-12(16(11)6)15-17-13(2,3)14(4,5)18-15/h7-10H,1-6H3/b8-7-. The zero-order valence-electron chi connectivity index (χ0n) is 12.2. The molecule has 18 heavy (non-hydrogen) atoms. The van der Waals surface area contributed by atoms with Crippen LogP contribution in [-0.4, -0.2) is 22.9 Å².